The zero-order valence-electron chi connectivity index (χ0n) is 9.50. The van der Waals surface area contributed by atoms with E-state index in [9.17, 15) is 13.2 Å². The Morgan fingerprint density at radius 1 is 1.29 bits per heavy atom. The quantitative estimate of drug-likeness (QED) is 0.865. The van der Waals surface area contributed by atoms with E-state index in [1.165, 1.54) is 12.1 Å². The molecule has 0 unspecified atom stereocenters. The summed E-state index contributed by atoms with van der Waals surface area (Å²) in [7, 11) is 1.79. The van der Waals surface area contributed by atoms with Crippen LogP contribution in [-0.2, 0) is 6.54 Å². The molecule has 0 spiro atoms. The topological polar surface area (TPSA) is 38.5 Å². The fraction of sp³-hybridized carbons (Fsp3) is 0.455. The van der Waals surface area contributed by atoms with Crippen LogP contribution in [0.2, 0.25) is 0 Å². The zero-order valence-corrected chi connectivity index (χ0v) is 9.50. The number of likely N-dealkylation sites (N-methyl/N-ethyl adjacent to an activating group) is 1. The molecule has 1 aromatic rings. The standard InChI is InChI=1S/C11H15F3N2O/c1-16(7-6-15)8-9-4-2-3-5-10(9)17-11(12,13)14/h2-5H,6-8,15H2,1H3. The van der Waals surface area contributed by atoms with Gasteiger partial charge in [0.25, 0.3) is 0 Å². The molecule has 0 fully saturated rings. The summed E-state index contributed by atoms with van der Waals surface area (Å²) >= 11 is 0. The molecule has 6 heteroatoms. The van der Waals surface area contributed by atoms with Crippen molar-refractivity contribution in [1.82, 2.24) is 4.90 Å². The number of benzene rings is 1. The largest absolute Gasteiger partial charge is 0.573 e. The second-order valence-corrected chi connectivity index (χ2v) is 3.68. The highest BCUT2D eigenvalue weighted by molar-refractivity contribution is 5.33. The van der Waals surface area contributed by atoms with Crippen LogP contribution in [0.25, 0.3) is 0 Å². The average Bonchev–Trinajstić information content (AvgIpc) is 2.19. The maximum absolute atomic E-state index is 12.2. The van der Waals surface area contributed by atoms with Gasteiger partial charge in [-0.3, -0.25) is 0 Å². The molecule has 96 valence electrons. The number of hydrogen-bond acceptors (Lipinski definition) is 3. The highest BCUT2D eigenvalue weighted by Gasteiger charge is 2.31. The van der Waals surface area contributed by atoms with Crippen molar-refractivity contribution in [2.75, 3.05) is 20.1 Å². The number of alkyl halides is 3. The highest BCUT2D eigenvalue weighted by Crippen LogP contribution is 2.26. The van der Waals surface area contributed by atoms with Crippen molar-refractivity contribution in [3.8, 4) is 5.75 Å². The lowest BCUT2D eigenvalue weighted by atomic mass is 10.2. The smallest absolute Gasteiger partial charge is 0.405 e. The molecule has 17 heavy (non-hydrogen) atoms. The normalized spacial score (nSPS) is 11.9. The van der Waals surface area contributed by atoms with Gasteiger partial charge in [-0.1, -0.05) is 18.2 Å². The first-order chi connectivity index (χ1) is 7.92. The van der Waals surface area contributed by atoms with Gasteiger partial charge >= 0.3 is 6.36 Å². The molecule has 3 nitrogen and oxygen atoms in total. The Morgan fingerprint density at radius 3 is 2.53 bits per heavy atom. The molecule has 0 aliphatic carbocycles. The molecule has 1 aromatic carbocycles. The predicted molar refractivity (Wildman–Crippen MR) is 58.5 cm³/mol. The highest BCUT2D eigenvalue weighted by atomic mass is 19.4. The van der Waals surface area contributed by atoms with E-state index >= 15 is 0 Å². The van der Waals surface area contributed by atoms with Crippen LogP contribution in [0, 0.1) is 0 Å². The minimum atomic E-state index is -4.66. The van der Waals surface area contributed by atoms with Crippen molar-refractivity contribution < 1.29 is 17.9 Å². The average molecular weight is 248 g/mol. The van der Waals surface area contributed by atoms with Crippen molar-refractivity contribution in [1.29, 1.82) is 0 Å². The van der Waals surface area contributed by atoms with Crippen LogP contribution < -0.4 is 10.5 Å². The Kier molecular flexibility index (Phi) is 4.77. The summed E-state index contributed by atoms with van der Waals surface area (Å²) in [6, 6.07) is 6.09. The van der Waals surface area contributed by atoms with E-state index in [1.54, 1.807) is 19.2 Å². The molecule has 0 aliphatic rings. The Morgan fingerprint density at radius 2 is 1.94 bits per heavy atom. The molecule has 0 amide bonds. The van der Waals surface area contributed by atoms with Crippen molar-refractivity contribution in [3.05, 3.63) is 29.8 Å². The molecule has 0 bridgehead atoms. The Balaban J connectivity index is 2.77. The first-order valence-electron chi connectivity index (χ1n) is 5.14. The van der Waals surface area contributed by atoms with E-state index in [1.807, 2.05) is 4.90 Å². The molecule has 0 atom stereocenters. The van der Waals surface area contributed by atoms with Crippen molar-refractivity contribution >= 4 is 0 Å². The second-order valence-electron chi connectivity index (χ2n) is 3.68. The molecular weight excluding hydrogens is 233 g/mol. The Hall–Kier alpha value is -1.27. The summed E-state index contributed by atoms with van der Waals surface area (Å²) < 4.78 is 40.4. The summed E-state index contributed by atoms with van der Waals surface area (Å²) in [5, 5.41) is 0. The third-order valence-electron chi connectivity index (χ3n) is 2.15. The maximum atomic E-state index is 12.2. The van der Waals surface area contributed by atoms with Crippen LogP contribution in [0.3, 0.4) is 0 Å². The second kappa shape index (κ2) is 5.88. The number of nitrogens with zero attached hydrogens (tertiary/aromatic N) is 1. The summed E-state index contributed by atoms with van der Waals surface area (Å²) in [5.74, 6) is -0.163. The molecule has 0 aromatic heterocycles. The number of ether oxygens (including phenoxy) is 1. The summed E-state index contributed by atoms with van der Waals surface area (Å²) in [6.45, 7) is 1.43. The van der Waals surface area contributed by atoms with Gasteiger partial charge in [0.15, 0.2) is 0 Å². The number of para-hydroxylation sites is 1. The SMILES string of the molecule is CN(CCN)Cc1ccccc1OC(F)(F)F. The monoisotopic (exact) mass is 248 g/mol. The van der Waals surface area contributed by atoms with E-state index in [-0.39, 0.29) is 5.75 Å². The van der Waals surface area contributed by atoms with Crippen LogP contribution in [0.1, 0.15) is 5.56 Å². The van der Waals surface area contributed by atoms with Gasteiger partial charge in [-0.2, -0.15) is 0 Å². The molecule has 2 N–H and O–H groups in total. The van der Waals surface area contributed by atoms with Crippen molar-refractivity contribution in [3.63, 3.8) is 0 Å². The van der Waals surface area contributed by atoms with Crippen LogP contribution in [0.4, 0.5) is 13.2 Å². The molecule has 0 heterocycles. The lowest BCUT2D eigenvalue weighted by molar-refractivity contribution is -0.275. The first kappa shape index (κ1) is 13.8. The van der Waals surface area contributed by atoms with Crippen LogP contribution >= 0.6 is 0 Å². The number of rotatable bonds is 5. The molecule has 1 rings (SSSR count). The fourth-order valence-corrected chi connectivity index (χ4v) is 1.45. The van der Waals surface area contributed by atoms with Crippen molar-refractivity contribution in [2.45, 2.75) is 12.9 Å². The molecule has 0 radical (unpaired) electrons. The maximum Gasteiger partial charge on any atom is 0.573 e. The van der Waals surface area contributed by atoms with E-state index in [2.05, 4.69) is 4.74 Å². The van der Waals surface area contributed by atoms with Crippen LogP contribution in [0.15, 0.2) is 24.3 Å². The molecular formula is C11H15F3N2O. The number of hydrogen-bond donors (Lipinski definition) is 1. The zero-order chi connectivity index (χ0) is 12.9. The van der Waals surface area contributed by atoms with E-state index in [4.69, 9.17) is 5.73 Å². The predicted octanol–water partition coefficient (Wildman–Crippen LogP) is 1.98. The van der Waals surface area contributed by atoms with Crippen molar-refractivity contribution in [2.24, 2.45) is 5.73 Å². The summed E-state index contributed by atoms with van der Waals surface area (Å²) in [4.78, 5) is 1.83. The van der Waals surface area contributed by atoms with E-state index < -0.39 is 6.36 Å². The molecule has 0 saturated carbocycles. The van der Waals surface area contributed by atoms with E-state index in [0.717, 1.165) is 0 Å². The Labute approximate surface area is 98.0 Å². The van der Waals surface area contributed by atoms with Gasteiger partial charge in [-0.25, -0.2) is 0 Å². The Bertz CT molecular complexity index is 355. The summed E-state index contributed by atoms with van der Waals surface area (Å²) in [5.41, 5.74) is 5.86. The lowest BCUT2D eigenvalue weighted by Crippen LogP contribution is -2.26. The van der Waals surface area contributed by atoms with Gasteiger partial charge in [0.05, 0.1) is 0 Å². The third-order valence-corrected chi connectivity index (χ3v) is 2.15. The van der Waals surface area contributed by atoms with Crippen LogP contribution in [-0.4, -0.2) is 31.4 Å². The molecule has 0 aliphatic heterocycles. The summed E-state index contributed by atoms with van der Waals surface area (Å²) in [6.07, 6.45) is -4.66. The van der Waals surface area contributed by atoms with Gasteiger partial charge in [0, 0.05) is 25.2 Å². The van der Waals surface area contributed by atoms with E-state index in [0.29, 0.717) is 25.2 Å². The van der Waals surface area contributed by atoms with Gasteiger partial charge in [-0.05, 0) is 13.1 Å². The number of nitrogens with two attached hydrogens (primary N) is 1. The third kappa shape index (κ3) is 5.06. The van der Waals surface area contributed by atoms with Gasteiger partial charge in [0.1, 0.15) is 5.75 Å². The minimum Gasteiger partial charge on any atom is -0.405 e. The fourth-order valence-electron chi connectivity index (χ4n) is 1.45. The first-order valence-corrected chi connectivity index (χ1v) is 5.14. The van der Waals surface area contributed by atoms with Gasteiger partial charge in [-0.15, -0.1) is 13.2 Å². The van der Waals surface area contributed by atoms with Crippen LogP contribution in [0.5, 0.6) is 5.75 Å². The molecule has 0 saturated heterocycles. The lowest BCUT2D eigenvalue weighted by Gasteiger charge is -2.18. The minimum absolute atomic E-state index is 0.163. The number of halogens is 3. The van der Waals surface area contributed by atoms with Gasteiger partial charge < -0.3 is 15.4 Å². The van der Waals surface area contributed by atoms with Gasteiger partial charge in [0.2, 0.25) is 0 Å².